The van der Waals surface area contributed by atoms with Crippen molar-refractivity contribution in [2.45, 2.75) is 19.3 Å². The molecule has 1 N–H and O–H groups in total. The van der Waals surface area contributed by atoms with Crippen LogP contribution in [0, 0.1) is 11.6 Å². The fraction of sp³-hybridized carbons (Fsp3) is 0.261. The Hall–Kier alpha value is -3.86. The molecule has 1 aromatic carbocycles. The lowest BCUT2D eigenvalue weighted by Gasteiger charge is -2.29. The topological polar surface area (TPSA) is 108 Å². The Morgan fingerprint density at radius 2 is 2.06 bits per heavy atom. The first kappa shape index (κ1) is 24.3. The van der Waals surface area contributed by atoms with Crippen LogP contribution in [0.3, 0.4) is 0 Å². The molecule has 1 unspecified atom stereocenters. The van der Waals surface area contributed by atoms with Crippen LogP contribution in [0.4, 0.5) is 8.78 Å². The van der Waals surface area contributed by atoms with Gasteiger partial charge in [-0.1, -0.05) is 22.8 Å². The summed E-state index contributed by atoms with van der Waals surface area (Å²) < 4.78 is 39.6. The zero-order chi connectivity index (χ0) is 25.2. The third kappa shape index (κ3) is 4.85. The number of aromatic nitrogens is 5. The smallest absolute Gasteiger partial charge is 0.292 e. The maximum atomic E-state index is 14.1. The van der Waals surface area contributed by atoms with E-state index in [0.29, 0.717) is 29.8 Å². The Balaban J connectivity index is 1.63. The van der Waals surface area contributed by atoms with E-state index in [1.54, 1.807) is 36.1 Å². The van der Waals surface area contributed by atoms with Crippen LogP contribution in [0.15, 0.2) is 47.1 Å². The van der Waals surface area contributed by atoms with Gasteiger partial charge in [0.1, 0.15) is 16.8 Å². The lowest BCUT2D eigenvalue weighted by Crippen LogP contribution is -2.40. The van der Waals surface area contributed by atoms with Crippen LogP contribution in [0.1, 0.15) is 35.7 Å². The summed E-state index contributed by atoms with van der Waals surface area (Å²) in [6, 6.07) is 8.07. The van der Waals surface area contributed by atoms with Gasteiger partial charge in [0.2, 0.25) is 5.88 Å². The van der Waals surface area contributed by atoms with E-state index in [1.807, 2.05) is 13.8 Å². The van der Waals surface area contributed by atoms with E-state index in [4.69, 9.17) is 20.9 Å². The first-order valence-electron chi connectivity index (χ1n) is 10.6. The Kier molecular flexibility index (Phi) is 6.79. The average Bonchev–Trinajstić information content (AvgIpc) is 3.45. The van der Waals surface area contributed by atoms with Crippen LogP contribution < -0.4 is 10.1 Å². The summed E-state index contributed by atoms with van der Waals surface area (Å²) in [5.74, 6) is -2.36. The number of rotatable bonds is 8. The number of carbonyl (C=O) groups excluding carboxylic acids is 1. The van der Waals surface area contributed by atoms with Crippen molar-refractivity contribution in [2.24, 2.45) is 7.05 Å². The lowest BCUT2D eigenvalue weighted by atomic mass is 9.80. The second-order valence-corrected chi connectivity index (χ2v) is 8.21. The molecular weight excluding hydrogens is 482 g/mol. The van der Waals surface area contributed by atoms with E-state index in [1.165, 1.54) is 0 Å². The predicted octanol–water partition coefficient (Wildman–Crippen LogP) is 3.93. The van der Waals surface area contributed by atoms with E-state index in [-0.39, 0.29) is 29.0 Å². The van der Waals surface area contributed by atoms with Crippen molar-refractivity contribution in [3.05, 3.63) is 76.5 Å². The summed E-state index contributed by atoms with van der Waals surface area (Å²) in [4.78, 5) is 21.3. The number of benzene rings is 1. The minimum absolute atomic E-state index is 0.0414. The fourth-order valence-electron chi connectivity index (χ4n) is 3.58. The lowest BCUT2D eigenvalue weighted by molar-refractivity contribution is 0.0933. The first-order chi connectivity index (χ1) is 16.7. The SMILES string of the molecule is CCOc1c(C(C)(CNC(=O)c2noc(-c3ccc(F)cc3F)n2)c2cccc(Cl)n2)cnn1C. The number of amides is 1. The van der Waals surface area contributed by atoms with Gasteiger partial charge in [-0.15, -0.1) is 0 Å². The number of aryl methyl sites for hydroxylation is 1. The van der Waals surface area contributed by atoms with Crippen molar-refractivity contribution >= 4 is 17.5 Å². The summed E-state index contributed by atoms with van der Waals surface area (Å²) in [6.07, 6.45) is 1.64. The molecule has 3 aromatic heterocycles. The molecule has 0 saturated carbocycles. The van der Waals surface area contributed by atoms with Gasteiger partial charge in [0.15, 0.2) is 0 Å². The van der Waals surface area contributed by atoms with Crippen molar-refractivity contribution in [3.8, 4) is 17.3 Å². The van der Waals surface area contributed by atoms with E-state index >= 15 is 0 Å². The number of carbonyl (C=O) groups is 1. The van der Waals surface area contributed by atoms with Gasteiger partial charge in [-0.25, -0.2) is 18.4 Å². The van der Waals surface area contributed by atoms with Crippen molar-refractivity contribution in [1.82, 2.24) is 30.2 Å². The zero-order valence-corrected chi connectivity index (χ0v) is 19.8. The van der Waals surface area contributed by atoms with E-state index in [9.17, 15) is 13.6 Å². The molecule has 1 amide bonds. The number of hydrogen-bond donors (Lipinski definition) is 1. The van der Waals surface area contributed by atoms with Crippen LogP contribution in [0.5, 0.6) is 5.88 Å². The molecule has 9 nitrogen and oxygen atoms in total. The van der Waals surface area contributed by atoms with Crippen LogP contribution in [0.25, 0.3) is 11.5 Å². The summed E-state index contributed by atoms with van der Waals surface area (Å²) in [7, 11) is 1.74. The van der Waals surface area contributed by atoms with Gasteiger partial charge in [-0.2, -0.15) is 10.1 Å². The van der Waals surface area contributed by atoms with Crippen LogP contribution in [0.2, 0.25) is 5.15 Å². The zero-order valence-electron chi connectivity index (χ0n) is 19.1. The van der Waals surface area contributed by atoms with Gasteiger partial charge in [-0.05, 0) is 38.1 Å². The molecule has 0 spiro atoms. The second-order valence-electron chi connectivity index (χ2n) is 7.83. The standard InChI is InChI=1S/C23H21ClF2N6O3/c1-4-34-22-15(11-28-32(22)3)23(2,17-6-5-7-18(24)29-17)12-27-20(33)19-30-21(35-31-19)14-9-8-13(25)10-16(14)26/h5-11H,4,12H2,1-3H3,(H,27,33). The van der Waals surface area contributed by atoms with Crippen LogP contribution >= 0.6 is 11.6 Å². The summed E-state index contributed by atoms with van der Waals surface area (Å²) in [6.45, 7) is 4.16. The molecule has 0 bridgehead atoms. The third-order valence-corrected chi connectivity index (χ3v) is 5.64. The number of ether oxygens (including phenoxy) is 1. The molecule has 0 aliphatic heterocycles. The Bertz CT molecular complexity index is 1380. The number of pyridine rings is 1. The summed E-state index contributed by atoms with van der Waals surface area (Å²) >= 11 is 6.15. The Morgan fingerprint density at radius 1 is 1.26 bits per heavy atom. The maximum Gasteiger partial charge on any atom is 0.292 e. The van der Waals surface area contributed by atoms with E-state index in [0.717, 1.165) is 12.1 Å². The average molecular weight is 503 g/mol. The largest absolute Gasteiger partial charge is 0.478 e. The van der Waals surface area contributed by atoms with Gasteiger partial charge >= 0.3 is 0 Å². The van der Waals surface area contributed by atoms with Gasteiger partial charge in [0, 0.05) is 25.2 Å². The minimum Gasteiger partial charge on any atom is -0.478 e. The predicted molar refractivity (Wildman–Crippen MR) is 122 cm³/mol. The molecule has 3 heterocycles. The monoisotopic (exact) mass is 502 g/mol. The van der Waals surface area contributed by atoms with E-state index in [2.05, 4.69) is 25.5 Å². The van der Waals surface area contributed by atoms with Gasteiger partial charge in [0.05, 0.1) is 29.5 Å². The highest BCUT2D eigenvalue weighted by atomic mass is 35.5. The number of hydrogen-bond acceptors (Lipinski definition) is 7. The fourth-order valence-corrected chi connectivity index (χ4v) is 3.74. The first-order valence-corrected chi connectivity index (χ1v) is 11.0. The van der Waals surface area contributed by atoms with Gasteiger partial charge in [0.25, 0.3) is 17.6 Å². The number of halogens is 3. The van der Waals surface area contributed by atoms with Crippen molar-refractivity contribution in [2.75, 3.05) is 13.2 Å². The minimum atomic E-state index is -0.908. The summed E-state index contributed by atoms with van der Waals surface area (Å²) in [5.41, 5.74) is 0.220. The van der Waals surface area contributed by atoms with Crippen molar-refractivity contribution in [3.63, 3.8) is 0 Å². The molecular formula is C23H21ClF2N6O3. The maximum absolute atomic E-state index is 14.1. The quantitative estimate of drug-likeness (QED) is 0.364. The molecule has 1 atom stereocenters. The molecule has 12 heteroatoms. The normalized spacial score (nSPS) is 12.9. The molecule has 0 aliphatic rings. The Morgan fingerprint density at radius 3 is 2.77 bits per heavy atom. The third-order valence-electron chi connectivity index (χ3n) is 5.43. The highest BCUT2D eigenvalue weighted by molar-refractivity contribution is 6.29. The molecule has 0 aliphatic carbocycles. The van der Waals surface area contributed by atoms with Crippen LogP contribution in [-0.4, -0.2) is 44.0 Å². The Labute approximate surface area is 204 Å². The summed E-state index contributed by atoms with van der Waals surface area (Å²) in [5, 5.41) is 11.0. The van der Waals surface area contributed by atoms with Gasteiger partial charge < -0.3 is 14.6 Å². The highest BCUT2D eigenvalue weighted by Gasteiger charge is 2.37. The second kappa shape index (κ2) is 9.79. The highest BCUT2D eigenvalue weighted by Crippen LogP contribution is 2.36. The molecule has 0 fully saturated rings. The van der Waals surface area contributed by atoms with E-state index < -0.39 is 23.0 Å². The molecule has 35 heavy (non-hydrogen) atoms. The molecule has 0 radical (unpaired) electrons. The molecule has 0 saturated heterocycles. The van der Waals surface area contributed by atoms with Crippen LogP contribution in [-0.2, 0) is 12.5 Å². The molecule has 182 valence electrons. The molecule has 4 aromatic rings. The number of nitrogens with zero attached hydrogens (tertiary/aromatic N) is 5. The van der Waals surface area contributed by atoms with Gasteiger partial charge in [-0.3, -0.25) is 4.79 Å². The van der Waals surface area contributed by atoms with Crippen molar-refractivity contribution < 1.29 is 22.8 Å². The van der Waals surface area contributed by atoms with Crippen molar-refractivity contribution in [1.29, 1.82) is 0 Å². The number of nitrogens with one attached hydrogen (secondary N) is 1. The molecule has 4 rings (SSSR count).